The Labute approximate surface area is 146 Å². The minimum absolute atomic E-state index is 0.228. The fourth-order valence-corrected chi connectivity index (χ4v) is 4.11. The molecule has 0 amide bonds. The average Bonchev–Trinajstić information content (AvgIpc) is 3.12. The summed E-state index contributed by atoms with van der Waals surface area (Å²) in [7, 11) is 3.36. The highest BCUT2D eigenvalue weighted by molar-refractivity contribution is 7.10. The fraction of sp³-hybridized carbons (Fsp3) is 0.333. The minimum Gasteiger partial charge on any atom is -0.493 e. The van der Waals surface area contributed by atoms with E-state index in [-0.39, 0.29) is 6.04 Å². The van der Waals surface area contributed by atoms with Crippen LogP contribution in [0.25, 0.3) is 0 Å². The normalized spacial score (nSPS) is 18.1. The zero-order valence-electron chi connectivity index (χ0n) is 13.3. The van der Waals surface area contributed by atoms with Gasteiger partial charge in [-0.3, -0.25) is 4.90 Å². The molecule has 2 heterocycles. The number of hydrogen-bond acceptors (Lipinski definition) is 4. The van der Waals surface area contributed by atoms with E-state index in [2.05, 4.69) is 34.5 Å². The van der Waals surface area contributed by atoms with E-state index in [0.717, 1.165) is 31.0 Å². The summed E-state index contributed by atoms with van der Waals surface area (Å²) < 4.78 is 11.0. The molecule has 0 saturated carbocycles. The second kappa shape index (κ2) is 7.39. The van der Waals surface area contributed by atoms with Crippen LogP contribution in [0.15, 0.2) is 41.3 Å². The second-order valence-corrected chi connectivity index (χ2v) is 6.66. The standard InChI is InChI=1S/C18H20ClNO2S/c1-21-15-11-13-6-9-20(8-4-7-19)18(17-5-3-10-23-17)14(13)12-16(15)22-2/h3-5,7,10-12,18H,6,8-9H2,1-2H3/b7-4-/t18-/m1/s1. The predicted molar refractivity (Wildman–Crippen MR) is 96.0 cm³/mol. The Morgan fingerprint density at radius 1 is 1.30 bits per heavy atom. The highest BCUT2D eigenvalue weighted by Crippen LogP contribution is 2.42. The highest BCUT2D eigenvalue weighted by Gasteiger charge is 2.30. The van der Waals surface area contributed by atoms with Crippen LogP contribution in [0.3, 0.4) is 0 Å². The molecule has 0 N–H and O–H groups in total. The molecule has 0 saturated heterocycles. The van der Waals surface area contributed by atoms with Gasteiger partial charge < -0.3 is 9.47 Å². The smallest absolute Gasteiger partial charge is 0.161 e. The van der Waals surface area contributed by atoms with E-state index in [4.69, 9.17) is 21.1 Å². The number of benzene rings is 1. The molecule has 3 nitrogen and oxygen atoms in total. The molecule has 2 aromatic rings. The molecule has 122 valence electrons. The summed E-state index contributed by atoms with van der Waals surface area (Å²) in [4.78, 5) is 3.78. The monoisotopic (exact) mass is 349 g/mol. The SMILES string of the molecule is COc1cc2c(cc1OC)[C@H](c1cccs1)N(C/C=C\Cl)CC2. The van der Waals surface area contributed by atoms with Crippen molar-refractivity contribution in [2.75, 3.05) is 27.3 Å². The van der Waals surface area contributed by atoms with Crippen LogP contribution in [-0.2, 0) is 6.42 Å². The maximum Gasteiger partial charge on any atom is 0.161 e. The lowest BCUT2D eigenvalue weighted by molar-refractivity contribution is 0.238. The second-order valence-electron chi connectivity index (χ2n) is 5.43. The molecule has 0 fully saturated rings. The highest BCUT2D eigenvalue weighted by atomic mass is 35.5. The van der Waals surface area contributed by atoms with Crippen LogP contribution < -0.4 is 9.47 Å². The summed E-state index contributed by atoms with van der Waals surface area (Å²) in [5, 5.41) is 2.12. The third-order valence-corrected chi connectivity index (χ3v) is 5.32. The molecule has 0 bridgehead atoms. The summed E-state index contributed by atoms with van der Waals surface area (Å²) in [6, 6.07) is 8.76. The first kappa shape index (κ1) is 16.4. The van der Waals surface area contributed by atoms with Crippen molar-refractivity contribution in [2.24, 2.45) is 0 Å². The van der Waals surface area contributed by atoms with Gasteiger partial charge in [0.1, 0.15) is 0 Å². The average molecular weight is 350 g/mol. The van der Waals surface area contributed by atoms with Gasteiger partial charge in [0.15, 0.2) is 11.5 Å². The maximum absolute atomic E-state index is 5.74. The van der Waals surface area contributed by atoms with E-state index >= 15 is 0 Å². The maximum atomic E-state index is 5.74. The third kappa shape index (κ3) is 3.25. The van der Waals surface area contributed by atoms with Crippen molar-refractivity contribution in [3.63, 3.8) is 0 Å². The molecule has 1 atom stereocenters. The molecule has 1 aliphatic rings. The first-order valence-corrected chi connectivity index (χ1v) is 8.87. The molecule has 0 aliphatic carbocycles. The third-order valence-electron chi connectivity index (χ3n) is 4.22. The van der Waals surface area contributed by atoms with Crippen LogP contribution in [0.4, 0.5) is 0 Å². The molecule has 0 unspecified atom stereocenters. The van der Waals surface area contributed by atoms with E-state index in [1.807, 2.05) is 6.08 Å². The lowest BCUT2D eigenvalue weighted by atomic mass is 9.91. The van der Waals surface area contributed by atoms with E-state index < -0.39 is 0 Å². The van der Waals surface area contributed by atoms with Crippen LogP contribution >= 0.6 is 22.9 Å². The Kier molecular flexibility index (Phi) is 5.26. The molecule has 0 spiro atoms. The van der Waals surface area contributed by atoms with Gasteiger partial charge in [0.05, 0.1) is 20.3 Å². The van der Waals surface area contributed by atoms with Crippen molar-refractivity contribution >= 4 is 22.9 Å². The van der Waals surface area contributed by atoms with Crippen molar-refractivity contribution in [2.45, 2.75) is 12.5 Å². The number of methoxy groups -OCH3 is 2. The first-order chi connectivity index (χ1) is 11.3. The van der Waals surface area contributed by atoms with Crippen LogP contribution in [0.5, 0.6) is 11.5 Å². The lowest BCUT2D eigenvalue weighted by Crippen LogP contribution is -2.35. The fourth-order valence-electron chi connectivity index (χ4n) is 3.15. The lowest BCUT2D eigenvalue weighted by Gasteiger charge is -2.36. The number of rotatable bonds is 5. The Bertz CT molecular complexity index is 685. The first-order valence-electron chi connectivity index (χ1n) is 7.56. The number of nitrogens with zero attached hydrogens (tertiary/aromatic N) is 1. The zero-order valence-corrected chi connectivity index (χ0v) is 14.9. The predicted octanol–water partition coefficient (Wildman–Crippen LogP) is 4.47. The Balaban J connectivity index is 2.08. The van der Waals surface area contributed by atoms with Crippen molar-refractivity contribution in [1.82, 2.24) is 4.90 Å². The van der Waals surface area contributed by atoms with Crippen molar-refractivity contribution in [1.29, 1.82) is 0 Å². The molecule has 1 aromatic carbocycles. The van der Waals surface area contributed by atoms with E-state index in [1.165, 1.54) is 16.0 Å². The van der Waals surface area contributed by atoms with Gasteiger partial charge in [-0.15, -0.1) is 11.3 Å². The number of hydrogen-bond donors (Lipinski definition) is 0. The number of fused-ring (bicyclic) bond motifs is 1. The van der Waals surface area contributed by atoms with Gasteiger partial charge in [0.2, 0.25) is 0 Å². The van der Waals surface area contributed by atoms with E-state index in [0.29, 0.717) is 0 Å². The largest absolute Gasteiger partial charge is 0.493 e. The van der Waals surface area contributed by atoms with Gasteiger partial charge in [-0.05, 0) is 41.1 Å². The summed E-state index contributed by atoms with van der Waals surface area (Å²) >= 11 is 7.52. The summed E-state index contributed by atoms with van der Waals surface area (Å²) in [6.45, 7) is 1.83. The molecule has 0 radical (unpaired) electrons. The van der Waals surface area contributed by atoms with Crippen LogP contribution in [0, 0.1) is 0 Å². The Hall–Kier alpha value is -1.49. The Morgan fingerprint density at radius 3 is 2.74 bits per heavy atom. The topological polar surface area (TPSA) is 21.7 Å². The number of ether oxygens (including phenoxy) is 2. The molecule has 5 heteroatoms. The van der Waals surface area contributed by atoms with Crippen molar-refractivity contribution < 1.29 is 9.47 Å². The van der Waals surface area contributed by atoms with Gasteiger partial charge in [-0.2, -0.15) is 0 Å². The van der Waals surface area contributed by atoms with Crippen molar-refractivity contribution in [3.8, 4) is 11.5 Å². The molecule has 1 aliphatic heterocycles. The van der Waals surface area contributed by atoms with E-state index in [1.54, 1.807) is 31.1 Å². The molecule has 3 rings (SSSR count). The van der Waals surface area contributed by atoms with Gasteiger partial charge in [0.25, 0.3) is 0 Å². The summed E-state index contributed by atoms with van der Waals surface area (Å²) in [6.07, 6.45) is 2.99. The quantitative estimate of drug-likeness (QED) is 0.795. The molecule has 1 aromatic heterocycles. The molecule has 23 heavy (non-hydrogen) atoms. The summed E-state index contributed by atoms with van der Waals surface area (Å²) in [5.74, 6) is 1.58. The van der Waals surface area contributed by atoms with Crippen LogP contribution in [0.1, 0.15) is 22.0 Å². The minimum atomic E-state index is 0.228. The van der Waals surface area contributed by atoms with Gasteiger partial charge >= 0.3 is 0 Å². The zero-order chi connectivity index (χ0) is 16.2. The van der Waals surface area contributed by atoms with Crippen molar-refractivity contribution in [3.05, 3.63) is 57.3 Å². The van der Waals surface area contributed by atoms with Crippen LogP contribution in [0.2, 0.25) is 0 Å². The van der Waals surface area contributed by atoms with Gasteiger partial charge in [0, 0.05) is 23.5 Å². The summed E-state index contributed by atoms with van der Waals surface area (Å²) in [5.41, 5.74) is 4.21. The number of thiophene rings is 1. The Morgan fingerprint density at radius 2 is 2.09 bits per heavy atom. The molecular formula is C18H20ClNO2S. The van der Waals surface area contributed by atoms with E-state index in [9.17, 15) is 0 Å². The van der Waals surface area contributed by atoms with Gasteiger partial charge in [-0.25, -0.2) is 0 Å². The number of halogens is 1. The van der Waals surface area contributed by atoms with Crippen LogP contribution in [-0.4, -0.2) is 32.2 Å². The van der Waals surface area contributed by atoms with Gasteiger partial charge in [-0.1, -0.05) is 23.7 Å². The molecular weight excluding hydrogens is 330 g/mol.